The first kappa shape index (κ1) is 12.0. The van der Waals surface area contributed by atoms with Crippen LogP contribution >= 0.6 is 23.2 Å². The van der Waals surface area contributed by atoms with Crippen molar-refractivity contribution in [3.05, 3.63) is 28.8 Å². The van der Waals surface area contributed by atoms with Crippen molar-refractivity contribution in [3.63, 3.8) is 0 Å². The molecule has 2 unspecified atom stereocenters. The van der Waals surface area contributed by atoms with Crippen LogP contribution in [0.1, 0.15) is 17.4 Å². The van der Waals surface area contributed by atoms with Crippen LogP contribution in [0.5, 0.6) is 5.75 Å². The normalized spacial score (nSPS) is 22.1. The van der Waals surface area contributed by atoms with Gasteiger partial charge in [0.15, 0.2) is 0 Å². The van der Waals surface area contributed by atoms with Crippen LogP contribution in [0, 0.1) is 5.92 Å². The SMILES string of the molecule is COc1ccc(C(Cl)C2CCOC2)cc1Cl. The molecule has 0 spiro atoms. The Balaban J connectivity index is 2.16. The number of ether oxygens (including phenoxy) is 2. The molecule has 0 bridgehead atoms. The number of methoxy groups -OCH3 is 1. The summed E-state index contributed by atoms with van der Waals surface area (Å²) < 4.78 is 10.4. The van der Waals surface area contributed by atoms with Crippen LogP contribution in [-0.2, 0) is 4.74 Å². The standard InChI is InChI=1S/C12H14Cl2O2/c1-15-11-3-2-8(6-10(11)13)12(14)9-4-5-16-7-9/h2-3,6,9,12H,4-5,7H2,1H3. The molecular formula is C12H14Cl2O2. The van der Waals surface area contributed by atoms with E-state index >= 15 is 0 Å². The van der Waals surface area contributed by atoms with Crippen LogP contribution in [0.4, 0.5) is 0 Å². The van der Waals surface area contributed by atoms with E-state index in [4.69, 9.17) is 32.7 Å². The zero-order valence-corrected chi connectivity index (χ0v) is 10.6. The third-order valence-electron chi connectivity index (χ3n) is 2.87. The molecule has 1 aliphatic heterocycles. The molecule has 88 valence electrons. The number of halogens is 2. The fourth-order valence-corrected chi connectivity index (χ4v) is 2.51. The average molecular weight is 261 g/mol. The summed E-state index contributed by atoms with van der Waals surface area (Å²) in [6.07, 6.45) is 1.01. The molecule has 0 aliphatic carbocycles. The highest BCUT2D eigenvalue weighted by Crippen LogP contribution is 2.37. The fourth-order valence-electron chi connectivity index (χ4n) is 1.91. The molecule has 1 fully saturated rings. The molecule has 0 amide bonds. The Kier molecular flexibility index (Phi) is 3.95. The van der Waals surface area contributed by atoms with Gasteiger partial charge in [0.05, 0.1) is 24.1 Å². The Hall–Kier alpha value is -0.440. The predicted molar refractivity (Wildman–Crippen MR) is 65.5 cm³/mol. The second-order valence-corrected chi connectivity index (χ2v) is 4.80. The summed E-state index contributed by atoms with van der Waals surface area (Å²) in [4.78, 5) is 0. The number of benzene rings is 1. The molecule has 16 heavy (non-hydrogen) atoms. The molecule has 0 aromatic heterocycles. The lowest BCUT2D eigenvalue weighted by atomic mass is 9.98. The van der Waals surface area contributed by atoms with Gasteiger partial charge in [0.1, 0.15) is 5.75 Å². The number of hydrogen-bond donors (Lipinski definition) is 0. The van der Waals surface area contributed by atoms with Gasteiger partial charge in [-0.3, -0.25) is 0 Å². The minimum absolute atomic E-state index is 0.0362. The van der Waals surface area contributed by atoms with Gasteiger partial charge < -0.3 is 9.47 Å². The molecule has 1 heterocycles. The van der Waals surface area contributed by atoms with Crippen molar-refractivity contribution in [2.75, 3.05) is 20.3 Å². The lowest BCUT2D eigenvalue weighted by Crippen LogP contribution is -2.07. The van der Waals surface area contributed by atoms with Crippen LogP contribution in [0.15, 0.2) is 18.2 Å². The van der Waals surface area contributed by atoms with E-state index in [1.54, 1.807) is 7.11 Å². The summed E-state index contributed by atoms with van der Waals surface area (Å²) in [5, 5.41) is 0.565. The van der Waals surface area contributed by atoms with Gasteiger partial charge >= 0.3 is 0 Å². The van der Waals surface area contributed by atoms with Crippen molar-refractivity contribution < 1.29 is 9.47 Å². The van der Waals surface area contributed by atoms with Gasteiger partial charge in [0.2, 0.25) is 0 Å². The van der Waals surface area contributed by atoms with E-state index in [9.17, 15) is 0 Å². The summed E-state index contributed by atoms with van der Waals surface area (Å²) in [5.74, 6) is 1.06. The van der Waals surface area contributed by atoms with Gasteiger partial charge in [0.25, 0.3) is 0 Å². The molecule has 1 aromatic carbocycles. The topological polar surface area (TPSA) is 18.5 Å². The van der Waals surface area contributed by atoms with Crippen LogP contribution in [0.25, 0.3) is 0 Å². The van der Waals surface area contributed by atoms with E-state index < -0.39 is 0 Å². The fraction of sp³-hybridized carbons (Fsp3) is 0.500. The molecule has 1 aromatic rings. The molecule has 1 aliphatic rings. The zero-order chi connectivity index (χ0) is 11.5. The molecule has 0 saturated carbocycles. The molecule has 0 radical (unpaired) electrons. The quantitative estimate of drug-likeness (QED) is 0.773. The smallest absolute Gasteiger partial charge is 0.137 e. The van der Waals surface area contributed by atoms with Gasteiger partial charge in [-0.05, 0) is 24.1 Å². The van der Waals surface area contributed by atoms with Crippen LogP contribution in [0.2, 0.25) is 5.02 Å². The lowest BCUT2D eigenvalue weighted by Gasteiger charge is -2.16. The van der Waals surface area contributed by atoms with Crippen molar-refractivity contribution in [3.8, 4) is 5.75 Å². The average Bonchev–Trinajstić information content (AvgIpc) is 2.81. The molecule has 1 saturated heterocycles. The zero-order valence-electron chi connectivity index (χ0n) is 9.08. The Labute approximate surface area is 105 Å². The Morgan fingerprint density at radius 2 is 2.31 bits per heavy atom. The van der Waals surface area contributed by atoms with Crippen LogP contribution in [0.3, 0.4) is 0 Å². The third kappa shape index (κ3) is 2.45. The number of alkyl halides is 1. The van der Waals surface area contributed by atoms with Crippen molar-refractivity contribution in [1.82, 2.24) is 0 Å². The second kappa shape index (κ2) is 5.26. The van der Waals surface area contributed by atoms with Gasteiger partial charge in [-0.1, -0.05) is 17.7 Å². The molecule has 2 rings (SSSR count). The molecule has 0 N–H and O–H groups in total. The maximum absolute atomic E-state index is 6.40. The molecule has 2 nitrogen and oxygen atoms in total. The molecule has 2 atom stereocenters. The van der Waals surface area contributed by atoms with Crippen molar-refractivity contribution in [1.29, 1.82) is 0 Å². The summed E-state index contributed by atoms with van der Waals surface area (Å²) in [6.45, 7) is 1.54. The van der Waals surface area contributed by atoms with Gasteiger partial charge in [0, 0.05) is 12.5 Å². The minimum Gasteiger partial charge on any atom is -0.495 e. The van der Waals surface area contributed by atoms with Crippen molar-refractivity contribution in [2.45, 2.75) is 11.8 Å². The van der Waals surface area contributed by atoms with E-state index in [0.717, 1.165) is 25.2 Å². The summed E-state index contributed by atoms with van der Waals surface area (Å²) in [6, 6.07) is 5.68. The highest BCUT2D eigenvalue weighted by Gasteiger charge is 2.25. The lowest BCUT2D eigenvalue weighted by molar-refractivity contribution is 0.185. The largest absolute Gasteiger partial charge is 0.495 e. The Bertz CT molecular complexity index is 362. The summed E-state index contributed by atoms with van der Waals surface area (Å²) in [7, 11) is 1.60. The Morgan fingerprint density at radius 1 is 1.50 bits per heavy atom. The maximum atomic E-state index is 6.40. The number of hydrogen-bond acceptors (Lipinski definition) is 2. The highest BCUT2D eigenvalue weighted by atomic mass is 35.5. The Morgan fingerprint density at radius 3 is 2.88 bits per heavy atom. The minimum atomic E-state index is -0.0362. The van der Waals surface area contributed by atoms with Crippen molar-refractivity contribution >= 4 is 23.2 Å². The third-order valence-corrected chi connectivity index (χ3v) is 3.78. The van der Waals surface area contributed by atoms with E-state index in [2.05, 4.69) is 0 Å². The maximum Gasteiger partial charge on any atom is 0.137 e. The summed E-state index contributed by atoms with van der Waals surface area (Å²) in [5.41, 5.74) is 1.03. The van der Waals surface area contributed by atoms with Gasteiger partial charge in [-0.15, -0.1) is 11.6 Å². The monoisotopic (exact) mass is 260 g/mol. The van der Waals surface area contributed by atoms with Crippen LogP contribution in [-0.4, -0.2) is 20.3 Å². The van der Waals surface area contributed by atoms with E-state index in [0.29, 0.717) is 16.7 Å². The first-order valence-electron chi connectivity index (χ1n) is 5.27. The first-order valence-corrected chi connectivity index (χ1v) is 6.09. The van der Waals surface area contributed by atoms with Gasteiger partial charge in [-0.2, -0.15) is 0 Å². The van der Waals surface area contributed by atoms with Crippen LogP contribution < -0.4 is 4.74 Å². The predicted octanol–water partition coefficient (Wildman–Crippen LogP) is 3.67. The van der Waals surface area contributed by atoms with E-state index in [1.807, 2.05) is 18.2 Å². The van der Waals surface area contributed by atoms with Crippen molar-refractivity contribution in [2.24, 2.45) is 5.92 Å². The number of rotatable bonds is 3. The first-order chi connectivity index (χ1) is 7.72. The molecular weight excluding hydrogens is 247 g/mol. The van der Waals surface area contributed by atoms with Gasteiger partial charge in [-0.25, -0.2) is 0 Å². The highest BCUT2D eigenvalue weighted by molar-refractivity contribution is 6.32. The summed E-state index contributed by atoms with van der Waals surface area (Å²) >= 11 is 12.5. The molecule has 4 heteroatoms. The second-order valence-electron chi connectivity index (χ2n) is 3.92. The van der Waals surface area contributed by atoms with E-state index in [1.165, 1.54) is 0 Å². The van der Waals surface area contributed by atoms with E-state index in [-0.39, 0.29) is 5.38 Å².